The molecule has 4 rings (SSSR count). The summed E-state index contributed by atoms with van der Waals surface area (Å²) in [5.74, 6) is 0.0344. The van der Waals surface area contributed by atoms with Gasteiger partial charge in [0.15, 0.2) is 11.3 Å². The van der Waals surface area contributed by atoms with Crippen molar-refractivity contribution in [3.63, 3.8) is 0 Å². The van der Waals surface area contributed by atoms with Gasteiger partial charge in [0.05, 0.1) is 11.4 Å². The average Bonchev–Trinajstić information content (AvgIpc) is 3.06. The molecule has 2 aromatic carbocycles. The van der Waals surface area contributed by atoms with E-state index in [1.165, 1.54) is 6.08 Å². The first-order chi connectivity index (χ1) is 15.6. The number of anilines is 1. The van der Waals surface area contributed by atoms with Crippen LogP contribution in [0.2, 0.25) is 0 Å². The number of nitrogens with one attached hydrogen (secondary N) is 1. The van der Waals surface area contributed by atoms with Crippen molar-refractivity contribution < 1.29 is 30.9 Å². The Morgan fingerprint density at radius 1 is 1.00 bits per heavy atom. The normalized spacial score (nSPS) is 14.3. The number of hydrogen-bond acceptors (Lipinski definition) is 5. The van der Waals surface area contributed by atoms with Crippen molar-refractivity contribution in [1.29, 1.82) is 0 Å². The van der Waals surface area contributed by atoms with E-state index >= 15 is 0 Å². The molecule has 161 valence electrons. The summed E-state index contributed by atoms with van der Waals surface area (Å²) < 4.78 is 12.1. The summed E-state index contributed by atoms with van der Waals surface area (Å²) in [7, 11) is 1.94. The molecule has 0 atom stereocenters. The van der Waals surface area contributed by atoms with Crippen LogP contribution >= 0.6 is 0 Å². The molecule has 0 unspecified atom stereocenters. The Morgan fingerprint density at radius 2 is 1.66 bits per heavy atom. The number of hydrogen-bond donors (Lipinski definition) is 2. The quantitative estimate of drug-likeness (QED) is 0.572. The molecule has 8 heteroatoms. The first-order valence-electron chi connectivity index (χ1n) is 9.77. The van der Waals surface area contributed by atoms with Crippen molar-refractivity contribution in [1.82, 2.24) is 9.36 Å². The first kappa shape index (κ1) is 23.0. The molecule has 0 amide bonds. The molecule has 0 fully saturated rings. The Morgan fingerprint density at radius 3 is 2.34 bits per heavy atom. The van der Waals surface area contributed by atoms with Gasteiger partial charge in [-0.15, -0.1) is 0 Å². The van der Waals surface area contributed by atoms with Crippen LogP contribution in [0.4, 0.5) is 11.4 Å². The average molecular weight is 465 g/mol. The molecule has 1 aliphatic carbocycles. The van der Waals surface area contributed by atoms with Crippen LogP contribution in [-0.2, 0) is 32.9 Å². The Hall–Kier alpha value is -3.68. The summed E-state index contributed by atoms with van der Waals surface area (Å²) in [6, 6.07) is 16.8. The SMILES string of the molecule is Cc1c(N/C=C2/C=CC=CC2=O)c(=Nc2ccccc2O)n(-c2ccccc2)n1C.[O]=[V]. The van der Waals surface area contributed by atoms with E-state index in [-0.39, 0.29) is 11.5 Å². The number of phenolic OH excluding ortho intramolecular Hbond substituents is 1. The fourth-order valence-electron chi connectivity index (χ4n) is 3.28. The third-order valence-electron chi connectivity index (χ3n) is 4.97. The van der Waals surface area contributed by atoms with Crippen molar-refractivity contribution in [3.05, 3.63) is 102 Å². The number of para-hydroxylation sites is 3. The molecule has 32 heavy (non-hydrogen) atoms. The van der Waals surface area contributed by atoms with E-state index < -0.39 is 0 Å². The summed E-state index contributed by atoms with van der Waals surface area (Å²) in [5.41, 5.74) is 4.22. The van der Waals surface area contributed by atoms with E-state index in [1.807, 2.05) is 65.8 Å². The van der Waals surface area contributed by atoms with Crippen LogP contribution in [0, 0.1) is 6.92 Å². The van der Waals surface area contributed by atoms with Crippen molar-refractivity contribution in [2.75, 3.05) is 5.32 Å². The minimum atomic E-state index is -0.0614. The number of carbonyl (C=O) groups excluding carboxylic acids is 1. The van der Waals surface area contributed by atoms with Crippen LogP contribution in [0.1, 0.15) is 5.69 Å². The first-order valence-corrected chi connectivity index (χ1v) is 10.3. The van der Waals surface area contributed by atoms with E-state index in [2.05, 4.69) is 5.32 Å². The van der Waals surface area contributed by atoms with Gasteiger partial charge in [-0.2, -0.15) is 0 Å². The number of ketones is 1. The molecule has 0 saturated heterocycles. The third-order valence-corrected chi connectivity index (χ3v) is 4.97. The van der Waals surface area contributed by atoms with Crippen LogP contribution in [0.5, 0.6) is 5.75 Å². The zero-order valence-electron chi connectivity index (χ0n) is 17.6. The minimum absolute atomic E-state index is 0.0614. The number of rotatable bonds is 4. The molecule has 3 aromatic rings. The maximum absolute atomic E-state index is 12.1. The van der Waals surface area contributed by atoms with Crippen molar-refractivity contribution in [2.24, 2.45) is 12.0 Å². The van der Waals surface area contributed by atoms with Crippen molar-refractivity contribution in [3.8, 4) is 11.4 Å². The Bertz CT molecular complexity index is 1280. The molecule has 0 aliphatic heterocycles. The molecule has 0 radical (unpaired) electrons. The zero-order chi connectivity index (χ0) is 23.1. The fourth-order valence-corrected chi connectivity index (χ4v) is 3.28. The standard InChI is InChI=1S/C24H22N4O2.O.V/c1-17-23(25-16-18-10-6-8-14-21(18)29)24(26-20-13-7-9-15-22(20)30)28(27(17)2)19-11-4-3-5-12-19;;/h3-16,25,30H,1-2H3;;/b18-16-,26-24?;;. The van der Waals surface area contributed by atoms with Gasteiger partial charge in [-0.05, 0) is 43.3 Å². The predicted octanol–water partition coefficient (Wildman–Crippen LogP) is 3.93. The molecule has 0 bridgehead atoms. The van der Waals surface area contributed by atoms with Crippen molar-refractivity contribution >= 4 is 17.2 Å². The molecule has 7 nitrogen and oxygen atoms in total. The molecule has 1 aliphatic rings. The molecule has 2 N–H and O–H groups in total. The van der Waals surface area contributed by atoms with Crippen molar-refractivity contribution in [2.45, 2.75) is 6.92 Å². The number of aromatic hydroxyl groups is 1. The van der Waals surface area contributed by atoms with Gasteiger partial charge in [0.2, 0.25) is 0 Å². The van der Waals surface area contributed by atoms with Gasteiger partial charge < -0.3 is 10.4 Å². The van der Waals surface area contributed by atoms with Crippen LogP contribution in [0.25, 0.3) is 5.69 Å². The Balaban J connectivity index is 0.00000141. The fraction of sp³-hybridized carbons (Fsp3) is 0.0833. The zero-order valence-corrected chi connectivity index (χ0v) is 19.0. The summed E-state index contributed by atoms with van der Waals surface area (Å²) >= 11 is 1.06. The van der Waals surface area contributed by atoms with E-state index in [1.54, 1.807) is 36.6 Å². The summed E-state index contributed by atoms with van der Waals surface area (Å²) in [6.07, 6.45) is 8.52. The predicted molar refractivity (Wildman–Crippen MR) is 118 cm³/mol. The van der Waals surface area contributed by atoms with E-state index in [0.717, 1.165) is 34.4 Å². The number of nitrogens with zero attached hydrogens (tertiary/aromatic N) is 3. The summed E-state index contributed by atoms with van der Waals surface area (Å²) in [6.45, 7) is 1.97. The van der Waals surface area contributed by atoms with Gasteiger partial charge in [0.1, 0.15) is 17.1 Å². The monoisotopic (exact) mass is 465 g/mol. The number of aromatic nitrogens is 2. The molecule has 0 saturated carbocycles. The van der Waals surface area contributed by atoms with Gasteiger partial charge >= 0.3 is 21.0 Å². The number of benzene rings is 2. The molecular formula is C24H22N4O3V. The second-order valence-corrected chi connectivity index (χ2v) is 6.88. The van der Waals surface area contributed by atoms with E-state index in [0.29, 0.717) is 16.7 Å². The topological polar surface area (TPSA) is 88.6 Å². The maximum atomic E-state index is 12.1. The number of allylic oxidation sites excluding steroid dienone is 5. The summed E-state index contributed by atoms with van der Waals surface area (Å²) in [5, 5.41) is 13.5. The van der Waals surface area contributed by atoms with E-state index in [4.69, 9.17) is 8.67 Å². The van der Waals surface area contributed by atoms with Gasteiger partial charge in [-0.25, -0.2) is 9.67 Å². The molecule has 1 heterocycles. The Kier molecular flexibility index (Phi) is 7.60. The van der Waals surface area contributed by atoms with Crippen LogP contribution in [0.3, 0.4) is 0 Å². The second kappa shape index (κ2) is 10.6. The van der Waals surface area contributed by atoms with Crippen LogP contribution in [-0.4, -0.2) is 20.3 Å². The van der Waals surface area contributed by atoms with Gasteiger partial charge in [0, 0.05) is 18.8 Å². The third kappa shape index (κ3) is 4.80. The van der Waals surface area contributed by atoms with E-state index in [9.17, 15) is 9.90 Å². The second-order valence-electron chi connectivity index (χ2n) is 6.88. The Labute approximate surface area is 194 Å². The number of phenols is 1. The molecular weight excluding hydrogens is 443 g/mol. The molecule has 1 aromatic heterocycles. The van der Waals surface area contributed by atoms with Crippen LogP contribution < -0.4 is 10.8 Å². The van der Waals surface area contributed by atoms with Crippen LogP contribution in [0.15, 0.2) is 95.7 Å². The molecule has 0 spiro atoms. The van der Waals surface area contributed by atoms with Gasteiger partial charge in [-0.1, -0.05) is 42.5 Å². The van der Waals surface area contributed by atoms with Gasteiger partial charge in [0.25, 0.3) is 0 Å². The number of carbonyl (C=O) groups is 1. The summed E-state index contributed by atoms with van der Waals surface area (Å²) in [4.78, 5) is 16.9. The van der Waals surface area contributed by atoms with Gasteiger partial charge in [-0.3, -0.25) is 9.48 Å².